The zero-order valence-corrected chi connectivity index (χ0v) is 24.8. The third kappa shape index (κ3) is 4.90. The van der Waals surface area contributed by atoms with Crippen molar-refractivity contribution in [3.63, 3.8) is 0 Å². The topological polar surface area (TPSA) is 98.7 Å². The first-order valence-electron chi connectivity index (χ1n) is 14.7. The zero-order chi connectivity index (χ0) is 29.4. The van der Waals surface area contributed by atoms with Gasteiger partial charge in [0.2, 0.25) is 17.7 Å². The quantitative estimate of drug-likeness (QED) is 0.350. The minimum Gasteiger partial charge on any atom is -0.394 e. The molecule has 3 heterocycles. The number of likely N-dealkylation sites (tertiary alicyclic amines) is 1. The van der Waals surface area contributed by atoms with Gasteiger partial charge in [-0.05, 0) is 55.4 Å². The van der Waals surface area contributed by atoms with Crippen molar-refractivity contribution in [3.8, 4) is 0 Å². The van der Waals surface area contributed by atoms with E-state index in [1.54, 1.807) is 16.7 Å². The Bertz CT molecular complexity index is 1460. The van der Waals surface area contributed by atoms with Crippen LogP contribution < -0.4 is 10.6 Å². The van der Waals surface area contributed by atoms with Gasteiger partial charge < -0.3 is 20.6 Å². The Morgan fingerprint density at radius 3 is 2.24 bits per heavy atom. The number of nitrogens with one attached hydrogen (secondary N) is 2. The molecule has 0 saturated carbocycles. The van der Waals surface area contributed by atoms with Crippen LogP contribution in [-0.2, 0) is 27.3 Å². The Morgan fingerprint density at radius 2 is 1.60 bits per heavy atom. The Labute approximate surface area is 251 Å². The van der Waals surface area contributed by atoms with Crippen LogP contribution in [0.4, 0.5) is 5.69 Å². The molecule has 0 aromatic heterocycles. The van der Waals surface area contributed by atoms with E-state index in [1.807, 2.05) is 92.7 Å². The monoisotopic (exact) mass is 583 g/mol. The molecule has 3 aliphatic heterocycles. The van der Waals surface area contributed by atoms with E-state index in [0.717, 1.165) is 34.4 Å². The first-order valence-corrected chi connectivity index (χ1v) is 15.6. The summed E-state index contributed by atoms with van der Waals surface area (Å²) < 4.78 is -0.735. The van der Waals surface area contributed by atoms with Gasteiger partial charge in [-0.3, -0.25) is 14.4 Å². The molecule has 7 nitrogen and oxygen atoms in total. The molecule has 3 fully saturated rings. The van der Waals surface area contributed by atoms with Crippen LogP contribution in [0.1, 0.15) is 35.1 Å². The number of aliphatic hydroxyl groups excluding tert-OH is 1. The van der Waals surface area contributed by atoms with E-state index in [-0.39, 0.29) is 29.6 Å². The van der Waals surface area contributed by atoms with Crippen molar-refractivity contribution in [2.24, 2.45) is 11.8 Å². The molecule has 3 amide bonds. The van der Waals surface area contributed by atoms with E-state index in [9.17, 15) is 19.5 Å². The number of hydrogen-bond acceptors (Lipinski definition) is 5. The minimum atomic E-state index is -0.809. The summed E-state index contributed by atoms with van der Waals surface area (Å²) in [5.41, 5.74) is 4.59. The van der Waals surface area contributed by atoms with Gasteiger partial charge in [0.1, 0.15) is 6.04 Å². The van der Waals surface area contributed by atoms with Crippen LogP contribution in [-0.4, -0.2) is 56.4 Å². The Hall–Kier alpha value is -3.62. The molecule has 1 spiro atoms. The molecule has 42 heavy (non-hydrogen) atoms. The lowest BCUT2D eigenvalue weighted by Gasteiger charge is -2.37. The highest BCUT2D eigenvalue weighted by Gasteiger charge is 2.74. The molecule has 3 aliphatic rings. The maximum absolute atomic E-state index is 14.5. The fourth-order valence-corrected chi connectivity index (χ4v) is 9.53. The van der Waals surface area contributed by atoms with E-state index in [2.05, 4.69) is 10.6 Å². The number of aliphatic hydroxyl groups is 1. The second-order valence-electron chi connectivity index (χ2n) is 11.8. The molecule has 0 radical (unpaired) electrons. The van der Waals surface area contributed by atoms with Gasteiger partial charge in [-0.25, -0.2) is 0 Å². The van der Waals surface area contributed by atoms with Crippen molar-refractivity contribution < 1.29 is 19.5 Å². The van der Waals surface area contributed by atoms with Crippen LogP contribution in [0.2, 0.25) is 0 Å². The maximum Gasteiger partial charge on any atom is 0.248 e. The number of aryl methyl sites for hydroxylation is 2. The summed E-state index contributed by atoms with van der Waals surface area (Å²) in [7, 11) is 0. The number of hydrogen-bond donors (Lipinski definition) is 3. The molecule has 2 unspecified atom stereocenters. The second kappa shape index (κ2) is 11.6. The minimum absolute atomic E-state index is 0.0333. The number of thioether (sulfide) groups is 1. The lowest BCUT2D eigenvalue weighted by Crippen LogP contribution is -2.55. The van der Waals surface area contributed by atoms with Crippen molar-refractivity contribution >= 4 is 35.2 Å². The highest BCUT2D eigenvalue weighted by molar-refractivity contribution is 8.02. The number of para-hydroxylation sites is 1. The number of fused-ring (bicyclic) bond motifs is 1. The first-order chi connectivity index (χ1) is 20.3. The molecule has 6 atom stereocenters. The molecule has 3 aromatic rings. The maximum atomic E-state index is 14.5. The van der Waals surface area contributed by atoms with Gasteiger partial charge in [0.05, 0.1) is 29.2 Å². The lowest BCUT2D eigenvalue weighted by molar-refractivity contribution is -0.142. The number of rotatable bonds is 9. The fourth-order valence-electron chi connectivity index (χ4n) is 7.33. The largest absolute Gasteiger partial charge is 0.394 e. The van der Waals surface area contributed by atoms with Crippen molar-refractivity contribution in [3.05, 3.63) is 101 Å². The van der Waals surface area contributed by atoms with Crippen LogP contribution in [0.15, 0.2) is 78.9 Å². The van der Waals surface area contributed by atoms with E-state index in [1.165, 1.54) is 0 Å². The molecule has 8 heteroatoms. The number of carbonyl (C=O) groups excluding carboxylic acids is 3. The van der Waals surface area contributed by atoms with Gasteiger partial charge >= 0.3 is 0 Å². The van der Waals surface area contributed by atoms with Gasteiger partial charge in [0.25, 0.3) is 0 Å². The smallest absolute Gasteiger partial charge is 0.248 e. The molecule has 6 rings (SSSR count). The van der Waals surface area contributed by atoms with Crippen LogP contribution in [0.25, 0.3) is 0 Å². The van der Waals surface area contributed by atoms with Crippen LogP contribution >= 0.6 is 11.8 Å². The third-order valence-electron chi connectivity index (χ3n) is 9.25. The number of carbonyl (C=O) groups is 3. The predicted octanol–water partition coefficient (Wildman–Crippen LogP) is 4.25. The summed E-state index contributed by atoms with van der Waals surface area (Å²) in [6.07, 6.45) is 1.85. The van der Waals surface area contributed by atoms with Crippen molar-refractivity contribution in [2.75, 3.05) is 11.9 Å². The molecular formula is C34H37N3O4S. The SMILES string of the molecule is Cc1cccc(C)c1NC(=O)C1N([C@@H](CO)Cc2ccccc2)C(=O)[C@@H]2[C@H](C(=O)NCc3ccccc3)[C@@H]3CCC12S3. The number of nitrogens with zero attached hydrogens (tertiary/aromatic N) is 1. The highest BCUT2D eigenvalue weighted by atomic mass is 32.2. The van der Waals surface area contributed by atoms with Gasteiger partial charge in [-0.15, -0.1) is 11.8 Å². The van der Waals surface area contributed by atoms with Crippen molar-refractivity contribution in [1.29, 1.82) is 0 Å². The van der Waals surface area contributed by atoms with E-state index in [4.69, 9.17) is 0 Å². The molecule has 2 bridgehead atoms. The molecule has 3 saturated heterocycles. The van der Waals surface area contributed by atoms with E-state index < -0.39 is 28.7 Å². The van der Waals surface area contributed by atoms with Gasteiger partial charge in [-0.1, -0.05) is 78.9 Å². The molecule has 3 aromatic carbocycles. The normalized spacial score (nSPS) is 26.6. The summed E-state index contributed by atoms with van der Waals surface area (Å²) in [4.78, 5) is 44.2. The van der Waals surface area contributed by atoms with Gasteiger partial charge in [0, 0.05) is 17.5 Å². The van der Waals surface area contributed by atoms with E-state index in [0.29, 0.717) is 19.4 Å². The predicted molar refractivity (Wildman–Crippen MR) is 165 cm³/mol. The standard InChI is InChI=1S/C34H37N3O4S/c1-21-10-9-11-22(2)29(21)36-32(40)30-34-17-16-26(42-34)27(31(39)35-19-24-14-7-4-8-15-24)28(34)33(41)37(30)25(20-38)18-23-12-5-3-6-13-23/h3-15,25-28,30,38H,16-20H2,1-2H3,(H,35,39)(H,36,40)/t25-,26+,27-,28+,30?,34?/m1/s1. The Balaban J connectivity index is 1.35. The van der Waals surface area contributed by atoms with Crippen molar-refractivity contribution in [2.45, 2.75) is 61.7 Å². The summed E-state index contributed by atoms with van der Waals surface area (Å²) in [5.74, 6) is -1.77. The summed E-state index contributed by atoms with van der Waals surface area (Å²) in [6.45, 7) is 4.01. The van der Waals surface area contributed by atoms with Gasteiger partial charge in [0.15, 0.2) is 0 Å². The molecule has 218 valence electrons. The number of anilines is 1. The first kappa shape index (κ1) is 28.5. The van der Waals surface area contributed by atoms with E-state index >= 15 is 0 Å². The van der Waals surface area contributed by atoms with Gasteiger partial charge in [-0.2, -0.15) is 0 Å². The molecular weight excluding hydrogens is 546 g/mol. The number of benzene rings is 3. The zero-order valence-electron chi connectivity index (χ0n) is 24.0. The second-order valence-corrected chi connectivity index (χ2v) is 13.4. The lowest BCUT2D eigenvalue weighted by atomic mass is 9.70. The Morgan fingerprint density at radius 1 is 0.952 bits per heavy atom. The molecule has 0 aliphatic carbocycles. The Kier molecular flexibility index (Phi) is 7.85. The number of amides is 3. The highest BCUT2D eigenvalue weighted by Crippen LogP contribution is 2.66. The average Bonchev–Trinajstić information content (AvgIpc) is 3.65. The molecule has 3 N–H and O–H groups in total. The summed E-state index contributed by atoms with van der Waals surface area (Å²) >= 11 is 1.64. The summed E-state index contributed by atoms with van der Waals surface area (Å²) in [6, 6.07) is 23.9. The fraction of sp³-hybridized carbons (Fsp3) is 0.382. The van der Waals surface area contributed by atoms with Crippen LogP contribution in [0.5, 0.6) is 0 Å². The van der Waals surface area contributed by atoms with Crippen LogP contribution in [0, 0.1) is 25.7 Å². The summed E-state index contributed by atoms with van der Waals surface area (Å²) in [5, 5.41) is 16.9. The third-order valence-corrected chi connectivity index (χ3v) is 11.2. The average molecular weight is 584 g/mol. The van der Waals surface area contributed by atoms with Crippen molar-refractivity contribution in [1.82, 2.24) is 10.2 Å². The van der Waals surface area contributed by atoms with Crippen LogP contribution in [0.3, 0.4) is 0 Å².